The molecule has 0 fully saturated rings. The Kier molecular flexibility index (Phi) is 3.95. The van der Waals surface area contributed by atoms with E-state index in [-0.39, 0.29) is 15.1 Å². The van der Waals surface area contributed by atoms with Crippen LogP contribution in [0.1, 0.15) is 0 Å². The van der Waals surface area contributed by atoms with Crippen LogP contribution >= 0.6 is 49.2 Å². The molecule has 1 rings (SSSR count). The molecule has 0 heterocycles. The Morgan fingerprint density at radius 3 is 2.40 bits per heavy atom. The summed E-state index contributed by atoms with van der Waals surface area (Å²) in [7, 11) is 1.13. The number of hydrogen-bond donors (Lipinski definition) is 0. The van der Waals surface area contributed by atoms with Gasteiger partial charge in [-0.05, 0) is 38.5 Å². The zero-order valence-corrected chi connectivity index (χ0v) is 12.1. The topological polar surface area (TPSA) is 77.3 Å². The molecule has 9 heteroatoms. The van der Waals surface area contributed by atoms with Crippen molar-refractivity contribution in [3.63, 3.8) is 0 Å². The average Bonchev–Trinajstić information content (AvgIpc) is 2.06. The average molecular weight is 426 g/mol. The third kappa shape index (κ3) is 3.02. The van der Waals surface area contributed by atoms with Crippen LogP contribution in [0.2, 0.25) is 0 Å². The molecule has 0 saturated heterocycles. The quantitative estimate of drug-likeness (QED) is 0.315. The van der Waals surface area contributed by atoms with E-state index in [2.05, 4.69) is 15.9 Å². The maximum Gasteiger partial charge on any atom is 0.271 e. The zero-order valence-electron chi connectivity index (χ0n) is 6.78. The van der Waals surface area contributed by atoms with E-state index in [1.807, 2.05) is 0 Å². The second-order valence-electron chi connectivity index (χ2n) is 2.43. The first-order valence-electron chi connectivity index (χ1n) is 3.31. The molecule has 0 unspecified atom stereocenters. The van der Waals surface area contributed by atoms with Crippen LogP contribution in [0, 0.1) is 13.7 Å². The highest BCUT2D eigenvalue weighted by molar-refractivity contribution is 14.1. The highest BCUT2D eigenvalue weighted by atomic mass is 127. The van der Waals surface area contributed by atoms with Crippen molar-refractivity contribution in [2.24, 2.45) is 0 Å². The number of nitro groups is 1. The van der Waals surface area contributed by atoms with Crippen molar-refractivity contribution < 1.29 is 13.3 Å². The molecule has 0 radical (unpaired) electrons. The van der Waals surface area contributed by atoms with Gasteiger partial charge in [-0.25, -0.2) is 8.42 Å². The van der Waals surface area contributed by atoms with Gasteiger partial charge < -0.3 is 0 Å². The van der Waals surface area contributed by atoms with Crippen LogP contribution in [0.15, 0.2) is 21.5 Å². The van der Waals surface area contributed by atoms with Crippen LogP contribution in [0.25, 0.3) is 0 Å². The van der Waals surface area contributed by atoms with Crippen LogP contribution in [0.5, 0.6) is 0 Å². The minimum atomic E-state index is -4.00. The molecular weight excluding hydrogens is 424 g/mol. The maximum absolute atomic E-state index is 11.1. The lowest BCUT2D eigenvalue weighted by atomic mass is 10.3. The van der Waals surface area contributed by atoms with Crippen LogP contribution < -0.4 is 0 Å². The summed E-state index contributed by atoms with van der Waals surface area (Å²) in [5.41, 5.74) is -0.318. The van der Waals surface area contributed by atoms with Crippen molar-refractivity contribution in [1.82, 2.24) is 0 Å². The molecule has 1 aromatic carbocycles. The largest absolute Gasteiger partial charge is 0.271 e. The van der Waals surface area contributed by atoms with E-state index < -0.39 is 14.0 Å². The molecule has 0 N–H and O–H groups in total. The minimum Gasteiger partial charge on any atom is -0.258 e. The Labute approximate surface area is 112 Å². The summed E-state index contributed by atoms with van der Waals surface area (Å²) in [4.78, 5) is 9.51. The molecule has 0 bridgehead atoms. The van der Waals surface area contributed by atoms with Gasteiger partial charge in [0, 0.05) is 26.4 Å². The number of nitro benzene ring substituents is 1. The lowest BCUT2D eigenvalue weighted by molar-refractivity contribution is -0.385. The third-order valence-corrected chi connectivity index (χ3v) is 5.51. The first-order valence-corrected chi connectivity index (χ1v) is 7.49. The predicted octanol–water partition coefficient (Wildman–Crippen LogP) is 2.89. The summed E-state index contributed by atoms with van der Waals surface area (Å²) in [6.07, 6.45) is 0. The summed E-state index contributed by atoms with van der Waals surface area (Å²) >= 11 is 4.78. The Morgan fingerprint density at radius 2 is 2.00 bits per heavy atom. The van der Waals surface area contributed by atoms with E-state index in [4.69, 9.17) is 10.7 Å². The van der Waals surface area contributed by atoms with E-state index in [0.717, 1.165) is 6.07 Å². The number of nitrogens with zero attached hydrogens (tertiary/aromatic N) is 1. The number of benzene rings is 1. The van der Waals surface area contributed by atoms with Crippen LogP contribution in [0.3, 0.4) is 0 Å². The summed E-state index contributed by atoms with van der Waals surface area (Å²) in [6, 6.07) is 2.16. The zero-order chi connectivity index (χ0) is 11.8. The van der Waals surface area contributed by atoms with Crippen molar-refractivity contribution in [3.05, 3.63) is 30.3 Å². The van der Waals surface area contributed by atoms with Gasteiger partial charge in [0.2, 0.25) is 0 Å². The molecule has 0 amide bonds. The van der Waals surface area contributed by atoms with Crippen LogP contribution in [0.4, 0.5) is 5.69 Å². The van der Waals surface area contributed by atoms with Crippen LogP contribution in [-0.2, 0) is 9.05 Å². The van der Waals surface area contributed by atoms with Gasteiger partial charge in [0.15, 0.2) is 0 Å². The number of rotatable bonds is 2. The van der Waals surface area contributed by atoms with Crippen molar-refractivity contribution in [2.45, 2.75) is 4.90 Å². The lowest BCUT2D eigenvalue weighted by Gasteiger charge is -2.02. The van der Waals surface area contributed by atoms with Gasteiger partial charge in [-0.1, -0.05) is 0 Å². The normalized spacial score (nSPS) is 11.4. The molecule has 0 atom stereocenters. The van der Waals surface area contributed by atoms with E-state index in [1.54, 1.807) is 22.6 Å². The summed E-state index contributed by atoms with van der Waals surface area (Å²) in [5, 5.41) is 10.5. The monoisotopic (exact) mass is 425 g/mol. The molecule has 82 valence electrons. The number of non-ortho nitro benzene ring substituents is 1. The van der Waals surface area contributed by atoms with E-state index in [0.29, 0.717) is 3.57 Å². The third-order valence-electron chi connectivity index (χ3n) is 1.45. The molecule has 0 aliphatic carbocycles. The standard InChI is InChI=1S/C6H2BrClINO4S/c7-6-4(9)1-3(10(11)12)2-5(6)15(8,13)14/h1-2H. The van der Waals surface area contributed by atoms with Gasteiger partial charge in [-0.3, -0.25) is 10.1 Å². The highest BCUT2D eigenvalue weighted by Crippen LogP contribution is 2.33. The van der Waals surface area contributed by atoms with Crippen molar-refractivity contribution in [3.8, 4) is 0 Å². The van der Waals surface area contributed by atoms with Crippen molar-refractivity contribution in [1.29, 1.82) is 0 Å². The number of halogens is 3. The molecule has 15 heavy (non-hydrogen) atoms. The van der Waals surface area contributed by atoms with Gasteiger partial charge in [-0.15, -0.1) is 0 Å². The second kappa shape index (κ2) is 4.52. The van der Waals surface area contributed by atoms with Gasteiger partial charge in [-0.2, -0.15) is 0 Å². The molecule has 0 aliphatic rings. The Hall–Kier alpha value is 0.0700. The van der Waals surface area contributed by atoms with Gasteiger partial charge in [0.1, 0.15) is 4.90 Å². The predicted molar refractivity (Wildman–Crippen MR) is 66.6 cm³/mol. The van der Waals surface area contributed by atoms with Crippen LogP contribution in [-0.4, -0.2) is 13.3 Å². The Balaban J connectivity index is 3.59. The second-order valence-corrected chi connectivity index (χ2v) is 6.92. The molecule has 5 nitrogen and oxygen atoms in total. The van der Waals surface area contributed by atoms with Gasteiger partial charge in [0.25, 0.3) is 14.7 Å². The highest BCUT2D eigenvalue weighted by Gasteiger charge is 2.21. The van der Waals surface area contributed by atoms with E-state index >= 15 is 0 Å². The van der Waals surface area contributed by atoms with E-state index in [1.165, 1.54) is 6.07 Å². The van der Waals surface area contributed by atoms with E-state index in [9.17, 15) is 18.5 Å². The molecule has 0 spiro atoms. The summed E-state index contributed by atoms with van der Waals surface area (Å²) in [5.74, 6) is 0. The fraction of sp³-hybridized carbons (Fsp3) is 0. The first-order chi connectivity index (χ1) is 6.73. The smallest absolute Gasteiger partial charge is 0.258 e. The van der Waals surface area contributed by atoms with Gasteiger partial charge in [0.05, 0.1) is 9.40 Å². The first kappa shape index (κ1) is 13.1. The fourth-order valence-electron chi connectivity index (χ4n) is 0.833. The molecule has 0 aromatic heterocycles. The van der Waals surface area contributed by atoms with Gasteiger partial charge >= 0.3 is 0 Å². The fourth-order valence-corrected chi connectivity index (χ4v) is 3.72. The van der Waals surface area contributed by atoms with Crippen molar-refractivity contribution >= 4 is 63.9 Å². The SMILES string of the molecule is O=[N+]([O-])c1cc(I)c(Br)c(S(=O)(=O)Cl)c1. The molecule has 0 saturated carbocycles. The Bertz CT molecular complexity index is 532. The van der Waals surface area contributed by atoms with Crippen molar-refractivity contribution in [2.75, 3.05) is 0 Å². The minimum absolute atomic E-state index is 0.226. The Morgan fingerprint density at radius 1 is 1.47 bits per heavy atom. The lowest BCUT2D eigenvalue weighted by Crippen LogP contribution is -1.97. The molecule has 1 aromatic rings. The summed E-state index contributed by atoms with van der Waals surface area (Å²) in [6.45, 7) is 0. The maximum atomic E-state index is 11.1. The molecular formula is C6H2BrClINO4S. The number of hydrogen-bond acceptors (Lipinski definition) is 4. The molecule has 0 aliphatic heterocycles. The summed E-state index contributed by atoms with van der Waals surface area (Å²) < 4.78 is 22.8.